The first-order valence-electron chi connectivity index (χ1n) is 13.4. The van der Waals surface area contributed by atoms with Crippen LogP contribution in [0.25, 0.3) is 0 Å². The van der Waals surface area contributed by atoms with E-state index < -0.39 is 0 Å². The summed E-state index contributed by atoms with van der Waals surface area (Å²) >= 11 is 0. The first-order valence-corrected chi connectivity index (χ1v) is 13.4. The van der Waals surface area contributed by atoms with Crippen molar-refractivity contribution in [3.8, 4) is 0 Å². The zero-order chi connectivity index (χ0) is 22.1. The number of hydrogen-bond donors (Lipinski definition) is 2. The van der Waals surface area contributed by atoms with Crippen molar-refractivity contribution in [2.24, 2.45) is 0 Å². The molecule has 0 radical (unpaired) electrons. The first kappa shape index (κ1) is 29.4. The third kappa shape index (κ3) is 22.1. The van der Waals surface area contributed by atoms with E-state index in [9.17, 15) is 4.79 Å². The molecule has 0 saturated carbocycles. The van der Waals surface area contributed by atoms with Gasteiger partial charge in [0.25, 0.3) is 0 Å². The fraction of sp³-hybridized carbons (Fsp3) is 0.962. The maximum Gasteiger partial charge on any atom is 0.307 e. The fourth-order valence-electron chi connectivity index (χ4n) is 3.86. The Hall–Kier alpha value is -0.610. The summed E-state index contributed by atoms with van der Waals surface area (Å²) in [4.78, 5) is 13.6. The normalized spacial score (nSPS) is 11.3. The van der Waals surface area contributed by atoms with E-state index in [1.165, 1.54) is 110 Å². The third-order valence-electron chi connectivity index (χ3n) is 5.92. The van der Waals surface area contributed by atoms with Gasteiger partial charge in [0.1, 0.15) is 0 Å². The van der Waals surface area contributed by atoms with Gasteiger partial charge in [-0.25, -0.2) is 0 Å². The number of ether oxygens (including phenoxy) is 1. The van der Waals surface area contributed by atoms with Crippen LogP contribution in [0, 0.1) is 0 Å². The molecule has 0 aliphatic rings. The smallest absolute Gasteiger partial charge is 0.307 e. The largest absolute Gasteiger partial charge is 0.466 e. The van der Waals surface area contributed by atoms with Gasteiger partial charge in [-0.3, -0.25) is 4.79 Å². The highest BCUT2D eigenvalue weighted by atomic mass is 16.5. The second-order valence-electron chi connectivity index (χ2n) is 8.96. The van der Waals surface area contributed by atoms with Gasteiger partial charge in [-0.05, 0) is 19.3 Å². The van der Waals surface area contributed by atoms with Crippen LogP contribution in [0.15, 0.2) is 0 Å². The molecule has 0 rings (SSSR count). The lowest BCUT2D eigenvalue weighted by Gasteiger charge is -2.19. The maximum absolute atomic E-state index is 11.8. The highest BCUT2D eigenvalue weighted by molar-refractivity contribution is 5.69. The molecule has 0 atom stereocenters. The molecule has 0 fully saturated rings. The second-order valence-corrected chi connectivity index (χ2v) is 8.96. The minimum Gasteiger partial charge on any atom is -0.466 e. The topological polar surface area (TPSA) is 42.8 Å². The summed E-state index contributed by atoms with van der Waals surface area (Å²) in [5.74, 6) is -0.0448. The van der Waals surface area contributed by atoms with Crippen molar-refractivity contribution in [3.05, 3.63) is 0 Å². The average Bonchev–Trinajstić information content (AvgIpc) is 2.75. The molecule has 0 saturated heterocycles. The predicted octanol–water partition coefficient (Wildman–Crippen LogP) is 5.31. The van der Waals surface area contributed by atoms with Gasteiger partial charge in [-0.15, -0.1) is 0 Å². The van der Waals surface area contributed by atoms with E-state index in [1.807, 2.05) is 0 Å². The molecule has 30 heavy (non-hydrogen) atoms. The summed E-state index contributed by atoms with van der Waals surface area (Å²) in [6, 6.07) is 0. The quantitative estimate of drug-likeness (QED) is 0.162. The molecule has 0 amide bonds. The fourth-order valence-corrected chi connectivity index (χ4v) is 3.86. The van der Waals surface area contributed by atoms with Gasteiger partial charge < -0.3 is 15.0 Å². The van der Waals surface area contributed by atoms with Crippen molar-refractivity contribution < 1.29 is 14.4 Å². The summed E-state index contributed by atoms with van der Waals surface area (Å²) in [6.45, 7) is 13.0. The van der Waals surface area contributed by atoms with E-state index in [-0.39, 0.29) is 5.97 Å². The highest BCUT2D eigenvalue weighted by Gasteiger charge is 2.07. The van der Waals surface area contributed by atoms with E-state index in [2.05, 4.69) is 26.1 Å². The van der Waals surface area contributed by atoms with Crippen LogP contribution in [0.3, 0.4) is 0 Å². The SMILES string of the molecule is CCCCCCCCCCCCOC(=O)CCNCCC[NH+](CCCC)CCCC. The number of carbonyl (C=O) groups excluding carboxylic acids is 1. The molecule has 0 aliphatic carbocycles. The molecule has 0 bridgehead atoms. The molecule has 4 heteroatoms. The van der Waals surface area contributed by atoms with Crippen molar-refractivity contribution in [1.29, 1.82) is 0 Å². The molecule has 0 aromatic heterocycles. The molecule has 4 nitrogen and oxygen atoms in total. The number of esters is 1. The number of quaternary nitrogens is 1. The van der Waals surface area contributed by atoms with Crippen molar-refractivity contribution in [3.63, 3.8) is 0 Å². The Bertz CT molecular complexity index is 342. The lowest BCUT2D eigenvalue weighted by molar-refractivity contribution is -0.900. The molecule has 0 spiro atoms. The number of nitrogens with one attached hydrogen (secondary N) is 2. The Balaban J connectivity index is 3.40. The van der Waals surface area contributed by atoms with Crippen LogP contribution < -0.4 is 10.2 Å². The summed E-state index contributed by atoms with van der Waals surface area (Å²) in [5.41, 5.74) is 0. The zero-order valence-electron chi connectivity index (χ0n) is 20.9. The lowest BCUT2D eigenvalue weighted by Crippen LogP contribution is -3.12. The average molecular weight is 428 g/mol. The van der Waals surface area contributed by atoms with Crippen LogP contribution in [0.1, 0.15) is 124 Å². The van der Waals surface area contributed by atoms with Gasteiger partial charge in [0.2, 0.25) is 0 Å². The van der Waals surface area contributed by atoms with Crippen molar-refractivity contribution in [1.82, 2.24) is 5.32 Å². The van der Waals surface area contributed by atoms with Gasteiger partial charge in [-0.1, -0.05) is 91.4 Å². The third-order valence-corrected chi connectivity index (χ3v) is 5.92. The van der Waals surface area contributed by atoms with Crippen LogP contribution in [0.4, 0.5) is 0 Å². The molecule has 0 aromatic rings. The molecular formula is C26H55N2O2+. The van der Waals surface area contributed by atoms with Gasteiger partial charge in [0.05, 0.1) is 32.7 Å². The highest BCUT2D eigenvalue weighted by Crippen LogP contribution is 2.10. The van der Waals surface area contributed by atoms with Crippen LogP contribution in [0.5, 0.6) is 0 Å². The van der Waals surface area contributed by atoms with E-state index in [0.717, 1.165) is 19.5 Å². The number of carbonyl (C=O) groups is 1. The summed E-state index contributed by atoms with van der Waals surface area (Å²) in [7, 11) is 0. The van der Waals surface area contributed by atoms with E-state index in [0.29, 0.717) is 13.0 Å². The van der Waals surface area contributed by atoms with E-state index >= 15 is 0 Å². The lowest BCUT2D eigenvalue weighted by atomic mass is 10.1. The number of hydrogen-bond acceptors (Lipinski definition) is 3. The predicted molar refractivity (Wildman–Crippen MR) is 130 cm³/mol. The molecule has 0 aliphatic heterocycles. The molecule has 0 aromatic carbocycles. The Morgan fingerprint density at radius 1 is 0.633 bits per heavy atom. The first-order chi connectivity index (χ1) is 14.7. The minimum atomic E-state index is -0.0448. The van der Waals surface area contributed by atoms with E-state index in [4.69, 9.17) is 4.74 Å². The van der Waals surface area contributed by atoms with Crippen molar-refractivity contribution >= 4 is 5.97 Å². The Labute approximate surface area is 188 Å². The minimum absolute atomic E-state index is 0.0448. The van der Waals surface area contributed by atoms with Crippen LogP contribution in [-0.2, 0) is 9.53 Å². The van der Waals surface area contributed by atoms with Gasteiger partial charge >= 0.3 is 5.97 Å². The Kier molecular flexibility index (Phi) is 24.2. The Morgan fingerprint density at radius 2 is 1.13 bits per heavy atom. The Morgan fingerprint density at radius 3 is 1.70 bits per heavy atom. The van der Waals surface area contributed by atoms with Crippen molar-refractivity contribution in [2.75, 3.05) is 39.3 Å². The number of unbranched alkanes of at least 4 members (excludes halogenated alkanes) is 11. The molecule has 180 valence electrons. The summed E-state index contributed by atoms with van der Waals surface area (Å²) < 4.78 is 5.36. The number of rotatable bonds is 24. The summed E-state index contributed by atoms with van der Waals surface area (Å²) in [6.07, 6.45) is 20.0. The van der Waals surface area contributed by atoms with E-state index in [1.54, 1.807) is 4.90 Å². The van der Waals surface area contributed by atoms with Gasteiger partial charge in [0, 0.05) is 19.5 Å². The standard InChI is InChI=1S/C26H54N2O2/c1-4-7-10-11-12-13-14-15-16-17-25-30-26(29)19-21-27-20-18-24-28(22-8-5-2)23-9-6-3/h27H,4-25H2,1-3H3/p+1. The van der Waals surface area contributed by atoms with Gasteiger partial charge in [0.15, 0.2) is 0 Å². The monoisotopic (exact) mass is 427 g/mol. The van der Waals surface area contributed by atoms with Crippen LogP contribution in [-0.4, -0.2) is 45.3 Å². The molecule has 0 heterocycles. The maximum atomic E-state index is 11.8. The summed E-state index contributed by atoms with van der Waals surface area (Å²) in [5, 5.41) is 3.41. The molecule has 2 N–H and O–H groups in total. The zero-order valence-corrected chi connectivity index (χ0v) is 20.9. The molecule has 0 unspecified atom stereocenters. The second kappa shape index (κ2) is 24.7. The van der Waals surface area contributed by atoms with Crippen LogP contribution in [0.2, 0.25) is 0 Å². The van der Waals surface area contributed by atoms with Crippen molar-refractivity contribution in [2.45, 2.75) is 124 Å². The van der Waals surface area contributed by atoms with Crippen LogP contribution >= 0.6 is 0 Å². The van der Waals surface area contributed by atoms with Gasteiger partial charge in [-0.2, -0.15) is 0 Å². The molecular weight excluding hydrogens is 372 g/mol.